The van der Waals surface area contributed by atoms with Crippen molar-refractivity contribution < 1.29 is 9.53 Å². The van der Waals surface area contributed by atoms with Crippen LogP contribution in [-0.2, 0) is 0 Å². The molecule has 0 spiro atoms. The summed E-state index contributed by atoms with van der Waals surface area (Å²) in [7, 11) is 0. The average Bonchev–Trinajstić information content (AvgIpc) is 2.59. The zero-order chi connectivity index (χ0) is 16.5. The molecule has 0 aliphatic heterocycles. The molecule has 1 amide bonds. The van der Waals surface area contributed by atoms with Gasteiger partial charge in [-0.1, -0.05) is 11.6 Å². The summed E-state index contributed by atoms with van der Waals surface area (Å²) in [6.45, 7) is 1.23. The van der Waals surface area contributed by atoms with Crippen molar-refractivity contribution in [2.24, 2.45) is 0 Å². The van der Waals surface area contributed by atoms with Crippen LogP contribution >= 0.6 is 23.4 Å². The zero-order valence-electron chi connectivity index (χ0n) is 12.9. The number of halogens is 1. The molecular formula is C17H19ClN2O2S. The fourth-order valence-electron chi connectivity index (χ4n) is 1.97. The van der Waals surface area contributed by atoms with Crippen LogP contribution in [0.3, 0.4) is 0 Å². The van der Waals surface area contributed by atoms with Crippen molar-refractivity contribution in [3.8, 4) is 5.75 Å². The number of rotatable bonds is 8. The summed E-state index contributed by atoms with van der Waals surface area (Å²) in [5, 5.41) is 4.36. The van der Waals surface area contributed by atoms with Gasteiger partial charge in [0.2, 0.25) is 0 Å². The van der Waals surface area contributed by atoms with Gasteiger partial charge in [-0.3, -0.25) is 4.79 Å². The summed E-state index contributed by atoms with van der Waals surface area (Å²) in [6.07, 6.45) is 5.32. The van der Waals surface area contributed by atoms with Crippen molar-refractivity contribution in [2.45, 2.75) is 17.9 Å². The summed E-state index contributed by atoms with van der Waals surface area (Å²) in [6, 6.07) is 10.8. The molecule has 2 aromatic rings. The lowest BCUT2D eigenvalue weighted by Gasteiger charge is -2.08. The molecule has 1 aromatic carbocycles. The van der Waals surface area contributed by atoms with E-state index in [1.54, 1.807) is 30.5 Å². The fourth-order valence-corrected chi connectivity index (χ4v) is 2.64. The van der Waals surface area contributed by atoms with Crippen LogP contribution < -0.4 is 10.1 Å². The van der Waals surface area contributed by atoms with Gasteiger partial charge in [0, 0.05) is 17.8 Å². The number of amides is 1. The Balaban J connectivity index is 1.65. The maximum absolute atomic E-state index is 12.1. The molecule has 23 heavy (non-hydrogen) atoms. The molecule has 0 saturated heterocycles. The molecule has 0 saturated carbocycles. The Labute approximate surface area is 145 Å². The van der Waals surface area contributed by atoms with Crippen molar-refractivity contribution in [3.63, 3.8) is 0 Å². The number of carbonyl (C=O) groups excluding carboxylic acids is 1. The Morgan fingerprint density at radius 1 is 1.26 bits per heavy atom. The maximum atomic E-state index is 12.1. The van der Waals surface area contributed by atoms with Gasteiger partial charge in [0.05, 0.1) is 12.2 Å². The van der Waals surface area contributed by atoms with E-state index < -0.39 is 0 Å². The van der Waals surface area contributed by atoms with Crippen molar-refractivity contribution in [1.29, 1.82) is 0 Å². The number of nitrogens with one attached hydrogen (secondary N) is 1. The topological polar surface area (TPSA) is 51.2 Å². The van der Waals surface area contributed by atoms with E-state index in [1.165, 1.54) is 11.8 Å². The number of hydrogen-bond donors (Lipinski definition) is 1. The summed E-state index contributed by atoms with van der Waals surface area (Å²) >= 11 is 7.28. The third-order valence-corrected chi connectivity index (χ3v) is 4.11. The molecule has 122 valence electrons. The predicted octanol–water partition coefficient (Wildman–Crippen LogP) is 4.05. The molecule has 0 atom stereocenters. The molecule has 1 aromatic heterocycles. The Kier molecular flexibility index (Phi) is 7.23. The first-order valence-electron chi connectivity index (χ1n) is 7.36. The zero-order valence-corrected chi connectivity index (χ0v) is 14.5. The van der Waals surface area contributed by atoms with Gasteiger partial charge >= 0.3 is 0 Å². The largest absolute Gasteiger partial charge is 0.494 e. The van der Waals surface area contributed by atoms with Gasteiger partial charge in [-0.15, -0.1) is 11.8 Å². The van der Waals surface area contributed by atoms with Crippen LogP contribution in [0, 0.1) is 0 Å². The molecule has 0 bridgehead atoms. The number of carbonyl (C=O) groups is 1. The summed E-state index contributed by atoms with van der Waals surface area (Å²) in [5.74, 6) is 0.722. The molecule has 1 heterocycles. The van der Waals surface area contributed by atoms with Crippen LogP contribution in [0.4, 0.5) is 0 Å². The van der Waals surface area contributed by atoms with E-state index in [2.05, 4.69) is 10.3 Å². The average molecular weight is 351 g/mol. The highest BCUT2D eigenvalue weighted by Crippen LogP contribution is 2.17. The molecule has 0 radical (unpaired) electrons. The second-order valence-electron chi connectivity index (χ2n) is 4.83. The van der Waals surface area contributed by atoms with Gasteiger partial charge in [-0.25, -0.2) is 4.98 Å². The lowest BCUT2D eigenvalue weighted by Crippen LogP contribution is -2.25. The highest BCUT2D eigenvalue weighted by Gasteiger charge is 2.10. The smallest absolute Gasteiger partial charge is 0.254 e. The van der Waals surface area contributed by atoms with Crippen molar-refractivity contribution in [3.05, 3.63) is 53.2 Å². The van der Waals surface area contributed by atoms with Crippen LogP contribution in [0.5, 0.6) is 5.75 Å². The third kappa shape index (κ3) is 5.77. The number of unbranched alkanes of at least 4 members (excludes halogenated alkanes) is 1. The van der Waals surface area contributed by atoms with Crippen LogP contribution in [0.25, 0.3) is 0 Å². The Hall–Kier alpha value is -1.72. The molecule has 0 aliphatic carbocycles. The lowest BCUT2D eigenvalue weighted by atomic mass is 10.2. The molecule has 4 nitrogen and oxygen atoms in total. The minimum atomic E-state index is -0.0823. The molecule has 0 aliphatic rings. The van der Waals surface area contributed by atoms with Crippen LogP contribution in [0.15, 0.2) is 47.6 Å². The highest BCUT2D eigenvalue weighted by molar-refractivity contribution is 7.98. The number of pyridine rings is 1. The van der Waals surface area contributed by atoms with Gasteiger partial charge in [0.15, 0.2) is 0 Å². The van der Waals surface area contributed by atoms with E-state index in [0.717, 1.165) is 23.6 Å². The molecule has 6 heteroatoms. The van der Waals surface area contributed by atoms with Crippen LogP contribution in [0.1, 0.15) is 23.2 Å². The number of thioether (sulfide) groups is 1. The summed E-state index contributed by atoms with van der Waals surface area (Å²) in [4.78, 5) is 16.3. The summed E-state index contributed by atoms with van der Waals surface area (Å²) in [5.41, 5.74) is 0.623. The SMILES string of the molecule is CSc1ncccc1C(=O)NCCCCOc1ccc(Cl)cc1. The van der Waals surface area contributed by atoms with E-state index in [4.69, 9.17) is 16.3 Å². The second kappa shape index (κ2) is 9.43. The first kappa shape index (κ1) is 17.6. The Morgan fingerprint density at radius 2 is 2.04 bits per heavy atom. The third-order valence-electron chi connectivity index (χ3n) is 3.15. The first-order chi connectivity index (χ1) is 11.2. The molecular weight excluding hydrogens is 332 g/mol. The number of ether oxygens (including phenoxy) is 1. The van der Waals surface area contributed by atoms with Gasteiger partial charge in [-0.2, -0.15) is 0 Å². The van der Waals surface area contributed by atoms with Gasteiger partial charge in [-0.05, 0) is 55.5 Å². The Morgan fingerprint density at radius 3 is 2.78 bits per heavy atom. The van der Waals surface area contributed by atoms with Crippen LogP contribution in [-0.4, -0.2) is 30.3 Å². The molecule has 0 fully saturated rings. The lowest BCUT2D eigenvalue weighted by molar-refractivity contribution is 0.0948. The standard InChI is InChI=1S/C17H19ClN2O2S/c1-23-17-15(5-4-11-20-17)16(21)19-10-2-3-12-22-14-8-6-13(18)7-9-14/h4-9,11H,2-3,10,12H2,1H3,(H,19,21). The van der Waals surface area contributed by atoms with E-state index in [9.17, 15) is 4.79 Å². The van der Waals surface area contributed by atoms with Crippen molar-refractivity contribution in [2.75, 3.05) is 19.4 Å². The summed E-state index contributed by atoms with van der Waals surface area (Å²) < 4.78 is 5.60. The normalized spacial score (nSPS) is 10.3. The number of hydrogen-bond acceptors (Lipinski definition) is 4. The van der Waals surface area contributed by atoms with E-state index >= 15 is 0 Å². The number of nitrogens with zero attached hydrogens (tertiary/aromatic N) is 1. The number of benzene rings is 1. The van der Waals surface area contributed by atoms with Gasteiger partial charge in [0.1, 0.15) is 10.8 Å². The van der Waals surface area contributed by atoms with E-state index in [0.29, 0.717) is 23.7 Å². The van der Waals surface area contributed by atoms with E-state index in [-0.39, 0.29) is 5.91 Å². The van der Waals surface area contributed by atoms with E-state index in [1.807, 2.05) is 18.4 Å². The van der Waals surface area contributed by atoms with Crippen LogP contribution in [0.2, 0.25) is 5.02 Å². The monoisotopic (exact) mass is 350 g/mol. The number of aromatic nitrogens is 1. The molecule has 2 rings (SSSR count). The highest BCUT2D eigenvalue weighted by atomic mass is 35.5. The maximum Gasteiger partial charge on any atom is 0.254 e. The molecule has 1 N–H and O–H groups in total. The second-order valence-corrected chi connectivity index (χ2v) is 6.06. The predicted molar refractivity (Wildman–Crippen MR) is 94.5 cm³/mol. The van der Waals surface area contributed by atoms with Gasteiger partial charge < -0.3 is 10.1 Å². The minimum absolute atomic E-state index is 0.0823. The first-order valence-corrected chi connectivity index (χ1v) is 8.96. The van der Waals surface area contributed by atoms with Crippen molar-refractivity contribution >= 4 is 29.3 Å². The van der Waals surface area contributed by atoms with Crippen molar-refractivity contribution in [1.82, 2.24) is 10.3 Å². The quantitative estimate of drug-likeness (QED) is 0.576. The van der Waals surface area contributed by atoms with Gasteiger partial charge in [0.25, 0.3) is 5.91 Å². The fraction of sp³-hybridized carbons (Fsp3) is 0.294. The Bertz CT molecular complexity index is 635. The minimum Gasteiger partial charge on any atom is -0.494 e. The molecule has 0 unspecified atom stereocenters.